The number of ether oxygens (including phenoxy) is 1. The Morgan fingerprint density at radius 1 is 1.50 bits per heavy atom. The maximum Gasteiger partial charge on any atom is 0.355 e. The summed E-state index contributed by atoms with van der Waals surface area (Å²) in [6.07, 6.45) is 0. The van der Waals surface area contributed by atoms with Crippen LogP contribution in [0, 0.1) is 0 Å². The number of methoxy groups -OCH3 is 1. The third-order valence-electron chi connectivity index (χ3n) is 2.14. The molecule has 0 amide bonds. The zero-order chi connectivity index (χ0) is 11.7. The summed E-state index contributed by atoms with van der Waals surface area (Å²) in [6.45, 7) is 0. The summed E-state index contributed by atoms with van der Waals surface area (Å²) < 4.78 is 4.97. The number of carboxylic acids is 1. The van der Waals surface area contributed by atoms with E-state index < -0.39 is 11.7 Å². The maximum atomic E-state index is 11.1. The fourth-order valence-corrected chi connectivity index (χ4v) is 1.43. The Kier molecular flexibility index (Phi) is 2.32. The highest BCUT2D eigenvalue weighted by Gasteiger charge is 2.12. The van der Waals surface area contributed by atoms with E-state index in [-0.39, 0.29) is 5.69 Å². The fourth-order valence-electron chi connectivity index (χ4n) is 1.43. The molecule has 0 atom stereocenters. The largest absolute Gasteiger partial charge is 0.497 e. The van der Waals surface area contributed by atoms with Crippen molar-refractivity contribution >= 4 is 16.9 Å². The summed E-state index contributed by atoms with van der Waals surface area (Å²) in [7, 11) is 1.48. The summed E-state index contributed by atoms with van der Waals surface area (Å²) in [5, 5.41) is 9.26. The Bertz CT molecular complexity index is 618. The average Bonchev–Trinajstić information content (AvgIpc) is 2.26. The van der Waals surface area contributed by atoms with Crippen molar-refractivity contribution in [3.63, 3.8) is 0 Å². The minimum absolute atomic E-state index is 0.263. The molecule has 0 aliphatic carbocycles. The van der Waals surface area contributed by atoms with Gasteiger partial charge < -0.3 is 14.8 Å². The second kappa shape index (κ2) is 3.65. The number of nitrogens with zero attached hydrogens (tertiary/aromatic N) is 1. The summed E-state index contributed by atoms with van der Waals surface area (Å²) in [5.74, 6) is -0.702. The third-order valence-corrected chi connectivity index (χ3v) is 2.14. The van der Waals surface area contributed by atoms with E-state index in [1.807, 2.05) is 0 Å². The van der Waals surface area contributed by atoms with Gasteiger partial charge >= 0.3 is 11.7 Å². The zero-order valence-corrected chi connectivity index (χ0v) is 8.35. The number of carboxylic acid groups (broad SMARTS) is 1. The lowest BCUT2D eigenvalue weighted by atomic mass is 10.2. The first-order chi connectivity index (χ1) is 7.61. The molecule has 1 heterocycles. The van der Waals surface area contributed by atoms with Gasteiger partial charge in [-0.2, -0.15) is 4.98 Å². The highest BCUT2D eigenvalue weighted by Crippen LogP contribution is 2.19. The number of rotatable bonds is 2. The van der Waals surface area contributed by atoms with E-state index in [0.29, 0.717) is 16.7 Å². The van der Waals surface area contributed by atoms with Gasteiger partial charge in [-0.15, -0.1) is 0 Å². The smallest absolute Gasteiger partial charge is 0.355 e. The highest BCUT2D eigenvalue weighted by molar-refractivity contribution is 6.00. The Hall–Kier alpha value is -2.37. The molecular formula is C10H8N2O4. The molecule has 0 bridgehead atoms. The van der Waals surface area contributed by atoms with E-state index in [9.17, 15) is 9.59 Å². The molecule has 2 aromatic rings. The van der Waals surface area contributed by atoms with Gasteiger partial charge in [0.1, 0.15) is 5.75 Å². The van der Waals surface area contributed by atoms with Crippen LogP contribution in [-0.4, -0.2) is 28.2 Å². The quantitative estimate of drug-likeness (QED) is 0.774. The first-order valence-corrected chi connectivity index (χ1v) is 4.43. The van der Waals surface area contributed by atoms with Crippen molar-refractivity contribution in [2.24, 2.45) is 0 Å². The van der Waals surface area contributed by atoms with Crippen LogP contribution in [0.4, 0.5) is 0 Å². The number of benzene rings is 1. The first kappa shape index (κ1) is 10.2. The van der Waals surface area contributed by atoms with Crippen molar-refractivity contribution in [1.82, 2.24) is 9.97 Å². The summed E-state index contributed by atoms with van der Waals surface area (Å²) in [5.41, 5.74) is -0.573. The lowest BCUT2D eigenvalue weighted by Crippen LogP contribution is -2.16. The van der Waals surface area contributed by atoms with E-state index in [1.54, 1.807) is 18.2 Å². The second-order valence-corrected chi connectivity index (χ2v) is 3.11. The van der Waals surface area contributed by atoms with Crippen LogP contribution < -0.4 is 10.4 Å². The lowest BCUT2D eigenvalue weighted by molar-refractivity contribution is 0.0692. The van der Waals surface area contributed by atoms with Gasteiger partial charge in [0.25, 0.3) is 0 Å². The molecular weight excluding hydrogens is 212 g/mol. The second-order valence-electron chi connectivity index (χ2n) is 3.11. The maximum absolute atomic E-state index is 11.1. The minimum atomic E-state index is -1.23. The lowest BCUT2D eigenvalue weighted by Gasteiger charge is -2.03. The molecule has 82 valence electrons. The van der Waals surface area contributed by atoms with E-state index in [1.165, 1.54) is 7.11 Å². The number of aromatic nitrogens is 2. The molecule has 2 rings (SSSR count). The van der Waals surface area contributed by atoms with Crippen molar-refractivity contribution in [3.8, 4) is 5.75 Å². The van der Waals surface area contributed by atoms with Crippen LogP contribution in [0.1, 0.15) is 10.5 Å². The number of nitrogens with one attached hydrogen (secondary N) is 1. The van der Waals surface area contributed by atoms with Crippen LogP contribution in [0.5, 0.6) is 5.75 Å². The average molecular weight is 220 g/mol. The van der Waals surface area contributed by atoms with Crippen LogP contribution >= 0.6 is 0 Å². The molecule has 1 aromatic heterocycles. The molecule has 0 aliphatic rings. The molecule has 0 aliphatic heterocycles. The van der Waals surface area contributed by atoms with Crippen LogP contribution in [-0.2, 0) is 0 Å². The van der Waals surface area contributed by atoms with Crippen molar-refractivity contribution < 1.29 is 14.6 Å². The van der Waals surface area contributed by atoms with Gasteiger partial charge in [0, 0.05) is 11.5 Å². The summed E-state index contributed by atoms with van der Waals surface area (Å²) >= 11 is 0. The molecule has 0 saturated carbocycles. The molecule has 6 heteroatoms. The Labute approximate surface area is 89.5 Å². The molecule has 1 aromatic carbocycles. The normalized spacial score (nSPS) is 10.3. The van der Waals surface area contributed by atoms with E-state index in [4.69, 9.17) is 9.84 Å². The van der Waals surface area contributed by atoms with Crippen molar-refractivity contribution in [3.05, 3.63) is 34.4 Å². The predicted octanol–water partition coefficient (Wildman–Crippen LogP) is 0.630. The number of hydrogen-bond acceptors (Lipinski definition) is 4. The number of fused-ring (bicyclic) bond motifs is 1. The fraction of sp³-hybridized carbons (Fsp3) is 0.100. The molecule has 0 saturated heterocycles. The Balaban J connectivity index is 2.83. The highest BCUT2D eigenvalue weighted by atomic mass is 16.5. The molecule has 6 nitrogen and oxygen atoms in total. The zero-order valence-electron chi connectivity index (χ0n) is 8.35. The van der Waals surface area contributed by atoms with Gasteiger partial charge in [0.05, 0.1) is 12.6 Å². The standard InChI is InChI=1S/C10H8N2O4/c1-16-5-2-3-6-7(4-5)11-10(15)12-8(6)9(13)14/h2-4H,1H3,(H,13,14)(H,11,12,15). The van der Waals surface area contributed by atoms with Crippen molar-refractivity contribution in [1.29, 1.82) is 0 Å². The molecule has 0 radical (unpaired) electrons. The van der Waals surface area contributed by atoms with Crippen LogP contribution in [0.2, 0.25) is 0 Å². The molecule has 2 N–H and O–H groups in total. The van der Waals surface area contributed by atoms with Gasteiger partial charge in [-0.1, -0.05) is 0 Å². The Morgan fingerprint density at radius 3 is 2.88 bits per heavy atom. The number of aromatic amines is 1. The van der Waals surface area contributed by atoms with Crippen LogP contribution in [0.3, 0.4) is 0 Å². The van der Waals surface area contributed by atoms with E-state index in [0.717, 1.165) is 0 Å². The van der Waals surface area contributed by atoms with Gasteiger partial charge in [-0.3, -0.25) is 0 Å². The van der Waals surface area contributed by atoms with E-state index >= 15 is 0 Å². The minimum Gasteiger partial charge on any atom is -0.497 e. The summed E-state index contributed by atoms with van der Waals surface area (Å²) in [4.78, 5) is 27.9. The number of H-pyrrole nitrogens is 1. The Morgan fingerprint density at radius 2 is 2.25 bits per heavy atom. The molecule has 0 fully saturated rings. The van der Waals surface area contributed by atoms with Gasteiger partial charge in [-0.25, -0.2) is 9.59 Å². The number of carbonyl (C=O) groups is 1. The van der Waals surface area contributed by atoms with Gasteiger partial charge in [-0.05, 0) is 12.1 Å². The molecule has 0 unspecified atom stereocenters. The third kappa shape index (κ3) is 1.60. The van der Waals surface area contributed by atoms with E-state index in [2.05, 4.69) is 9.97 Å². The predicted molar refractivity (Wildman–Crippen MR) is 55.9 cm³/mol. The monoisotopic (exact) mass is 220 g/mol. The number of hydrogen-bond donors (Lipinski definition) is 2. The molecule has 0 spiro atoms. The van der Waals surface area contributed by atoms with Crippen LogP contribution in [0.25, 0.3) is 10.9 Å². The summed E-state index contributed by atoms with van der Waals surface area (Å²) in [6, 6.07) is 4.69. The van der Waals surface area contributed by atoms with Gasteiger partial charge in [0.15, 0.2) is 5.69 Å². The van der Waals surface area contributed by atoms with Gasteiger partial charge in [0.2, 0.25) is 0 Å². The van der Waals surface area contributed by atoms with Crippen molar-refractivity contribution in [2.45, 2.75) is 0 Å². The number of aromatic carboxylic acids is 1. The SMILES string of the molecule is COc1ccc2c(C(=O)O)nc(=O)[nH]c2c1. The van der Waals surface area contributed by atoms with Crippen LogP contribution in [0.15, 0.2) is 23.0 Å². The topological polar surface area (TPSA) is 92.3 Å². The molecule has 16 heavy (non-hydrogen) atoms. The van der Waals surface area contributed by atoms with Crippen molar-refractivity contribution in [2.75, 3.05) is 7.11 Å². The first-order valence-electron chi connectivity index (χ1n) is 4.43.